The number of imide groups is 1. The van der Waals surface area contributed by atoms with Crippen molar-refractivity contribution >= 4 is 34.8 Å². The fraction of sp³-hybridized carbons (Fsp3) is 0.333. The van der Waals surface area contributed by atoms with Gasteiger partial charge in [0.2, 0.25) is 0 Å². The highest BCUT2D eigenvalue weighted by Crippen LogP contribution is 2.24. The quantitative estimate of drug-likeness (QED) is 0.595. The van der Waals surface area contributed by atoms with E-state index in [0.717, 1.165) is 35.3 Å². The normalized spacial score (nSPS) is 16.3. The second-order valence-corrected chi connectivity index (χ2v) is 7.26. The lowest BCUT2D eigenvalue weighted by atomic mass is 10.2. The van der Waals surface area contributed by atoms with Gasteiger partial charge in [-0.1, -0.05) is 0 Å². The minimum atomic E-state index is -0.442. The molecule has 0 spiro atoms. The van der Waals surface area contributed by atoms with Crippen molar-refractivity contribution in [1.82, 2.24) is 14.9 Å². The lowest BCUT2D eigenvalue weighted by Gasteiger charge is -2.18. The Labute approximate surface area is 174 Å². The summed E-state index contributed by atoms with van der Waals surface area (Å²) in [5, 5.41) is 15.2. The maximum Gasteiger partial charge on any atom is 0.277 e. The van der Waals surface area contributed by atoms with E-state index in [0.29, 0.717) is 11.5 Å². The van der Waals surface area contributed by atoms with Gasteiger partial charge in [-0.25, -0.2) is 9.97 Å². The SMILES string of the molecule is Cc1nc(Nc2ccc(NC3=CC(=O)N(CCO)C3=O)cc2)cc(N2CCCC2)n1. The largest absolute Gasteiger partial charge is 0.395 e. The molecule has 0 bridgehead atoms. The monoisotopic (exact) mass is 408 g/mol. The molecule has 1 fully saturated rings. The molecule has 0 radical (unpaired) electrons. The Bertz CT molecular complexity index is 983. The van der Waals surface area contributed by atoms with Crippen LogP contribution in [-0.2, 0) is 9.59 Å². The van der Waals surface area contributed by atoms with Crippen LogP contribution in [0.1, 0.15) is 18.7 Å². The van der Waals surface area contributed by atoms with E-state index in [4.69, 9.17) is 5.11 Å². The number of rotatable bonds is 7. The van der Waals surface area contributed by atoms with Crippen molar-refractivity contribution in [3.8, 4) is 0 Å². The van der Waals surface area contributed by atoms with E-state index in [1.165, 1.54) is 18.9 Å². The molecule has 9 nitrogen and oxygen atoms in total. The van der Waals surface area contributed by atoms with Gasteiger partial charge in [-0.2, -0.15) is 0 Å². The third kappa shape index (κ3) is 4.25. The predicted molar refractivity (Wildman–Crippen MR) is 113 cm³/mol. The van der Waals surface area contributed by atoms with Crippen LogP contribution in [0.2, 0.25) is 0 Å². The summed E-state index contributed by atoms with van der Waals surface area (Å²) in [7, 11) is 0. The van der Waals surface area contributed by atoms with Crippen LogP contribution in [0.25, 0.3) is 0 Å². The van der Waals surface area contributed by atoms with Gasteiger partial charge in [0.15, 0.2) is 0 Å². The minimum absolute atomic E-state index is 0.0139. The van der Waals surface area contributed by atoms with Crippen LogP contribution in [0.5, 0.6) is 0 Å². The Kier molecular flexibility index (Phi) is 5.62. The minimum Gasteiger partial charge on any atom is -0.395 e. The van der Waals surface area contributed by atoms with Crippen LogP contribution in [-0.4, -0.2) is 58.0 Å². The third-order valence-corrected chi connectivity index (χ3v) is 5.02. The molecular formula is C21H24N6O3. The fourth-order valence-corrected chi connectivity index (χ4v) is 3.57. The number of aliphatic hydroxyl groups excluding tert-OH is 1. The zero-order chi connectivity index (χ0) is 21.1. The first kappa shape index (κ1) is 19.8. The number of hydrogen-bond acceptors (Lipinski definition) is 8. The summed E-state index contributed by atoms with van der Waals surface area (Å²) in [5.41, 5.74) is 1.71. The molecule has 0 unspecified atom stereocenters. The Balaban J connectivity index is 1.43. The molecule has 3 N–H and O–H groups in total. The first-order valence-electron chi connectivity index (χ1n) is 9.96. The molecule has 2 aliphatic heterocycles. The highest BCUT2D eigenvalue weighted by atomic mass is 16.3. The van der Waals surface area contributed by atoms with Crippen molar-refractivity contribution in [2.75, 3.05) is 41.8 Å². The van der Waals surface area contributed by atoms with Gasteiger partial charge < -0.3 is 20.6 Å². The zero-order valence-corrected chi connectivity index (χ0v) is 16.8. The van der Waals surface area contributed by atoms with Crippen LogP contribution < -0.4 is 15.5 Å². The Morgan fingerprint density at radius 1 is 1.03 bits per heavy atom. The summed E-state index contributed by atoms with van der Waals surface area (Å²) < 4.78 is 0. The molecule has 1 aromatic heterocycles. The van der Waals surface area contributed by atoms with E-state index >= 15 is 0 Å². The second-order valence-electron chi connectivity index (χ2n) is 7.26. The summed E-state index contributed by atoms with van der Waals surface area (Å²) in [5.74, 6) is 1.50. The van der Waals surface area contributed by atoms with Crippen LogP contribution in [0.15, 0.2) is 42.1 Å². The number of carbonyl (C=O) groups is 2. The van der Waals surface area contributed by atoms with E-state index in [9.17, 15) is 9.59 Å². The molecule has 2 aromatic rings. The Morgan fingerprint density at radius 3 is 2.37 bits per heavy atom. The summed E-state index contributed by atoms with van der Waals surface area (Å²) in [6.07, 6.45) is 3.61. The molecule has 2 amide bonds. The maximum atomic E-state index is 12.2. The number of benzene rings is 1. The van der Waals surface area contributed by atoms with Crippen molar-refractivity contribution < 1.29 is 14.7 Å². The average Bonchev–Trinajstić information content (AvgIpc) is 3.34. The van der Waals surface area contributed by atoms with E-state index in [1.54, 1.807) is 0 Å². The number of aromatic nitrogens is 2. The predicted octanol–water partition coefficient (Wildman–Crippen LogP) is 1.79. The second kappa shape index (κ2) is 8.50. The van der Waals surface area contributed by atoms with Crippen LogP contribution in [0, 0.1) is 6.92 Å². The fourth-order valence-electron chi connectivity index (χ4n) is 3.57. The summed E-state index contributed by atoms with van der Waals surface area (Å²) in [4.78, 5) is 36.3. The lowest BCUT2D eigenvalue weighted by Crippen LogP contribution is -2.34. The summed E-state index contributed by atoms with van der Waals surface area (Å²) >= 11 is 0. The van der Waals surface area contributed by atoms with E-state index in [1.807, 2.05) is 37.3 Å². The first-order valence-corrected chi connectivity index (χ1v) is 9.96. The molecule has 2 aliphatic rings. The van der Waals surface area contributed by atoms with E-state index in [-0.39, 0.29) is 18.8 Å². The van der Waals surface area contributed by atoms with Gasteiger partial charge in [0.05, 0.1) is 13.2 Å². The van der Waals surface area contributed by atoms with Crippen molar-refractivity contribution in [3.63, 3.8) is 0 Å². The Hall–Kier alpha value is -3.46. The topological polar surface area (TPSA) is 111 Å². The number of nitrogens with zero attached hydrogens (tertiary/aromatic N) is 4. The number of β-amino-alcohol motifs (C(OH)–C–C–N with tert-alkyl or cyclic N) is 1. The standard InChI is InChI=1S/C21H24N6O3/c1-14-22-18(13-19(23-14)26-8-2-3-9-26)25-16-6-4-15(5-7-16)24-17-12-20(29)27(10-11-28)21(17)30/h4-7,12-13,24,28H,2-3,8-11H2,1H3,(H,22,23,25). The summed E-state index contributed by atoms with van der Waals surface area (Å²) in [6, 6.07) is 9.30. The zero-order valence-electron chi connectivity index (χ0n) is 16.8. The number of nitrogens with one attached hydrogen (secondary N) is 2. The van der Waals surface area contributed by atoms with E-state index in [2.05, 4.69) is 25.5 Å². The van der Waals surface area contributed by atoms with Gasteiger partial charge in [0, 0.05) is 36.6 Å². The lowest BCUT2D eigenvalue weighted by molar-refractivity contribution is -0.137. The first-order chi connectivity index (χ1) is 14.5. The number of carbonyl (C=O) groups excluding carboxylic acids is 2. The molecule has 9 heteroatoms. The number of amides is 2. The molecule has 156 valence electrons. The van der Waals surface area contributed by atoms with Crippen molar-refractivity contribution in [2.45, 2.75) is 19.8 Å². The average molecular weight is 408 g/mol. The number of anilines is 4. The van der Waals surface area contributed by atoms with E-state index < -0.39 is 11.8 Å². The van der Waals surface area contributed by atoms with Crippen LogP contribution >= 0.6 is 0 Å². The van der Waals surface area contributed by atoms with Gasteiger partial charge in [-0.3, -0.25) is 14.5 Å². The summed E-state index contributed by atoms with van der Waals surface area (Å²) in [6.45, 7) is 3.64. The molecular weight excluding hydrogens is 384 g/mol. The van der Waals surface area contributed by atoms with Gasteiger partial charge >= 0.3 is 0 Å². The van der Waals surface area contributed by atoms with Gasteiger partial charge in [-0.05, 0) is 44.0 Å². The van der Waals surface area contributed by atoms with Gasteiger partial charge in [-0.15, -0.1) is 0 Å². The molecule has 1 saturated heterocycles. The van der Waals surface area contributed by atoms with Gasteiger partial charge in [0.1, 0.15) is 23.2 Å². The van der Waals surface area contributed by atoms with Crippen molar-refractivity contribution in [3.05, 3.63) is 47.9 Å². The number of aryl methyl sites for hydroxylation is 1. The highest BCUT2D eigenvalue weighted by molar-refractivity contribution is 6.17. The number of aliphatic hydroxyl groups is 1. The van der Waals surface area contributed by atoms with Crippen LogP contribution in [0.3, 0.4) is 0 Å². The van der Waals surface area contributed by atoms with Gasteiger partial charge in [0.25, 0.3) is 11.8 Å². The molecule has 4 rings (SSSR count). The molecule has 0 saturated carbocycles. The Morgan fingerprint density at radius 2 is 1.70 bits per heavy atom. The molecule has 0 aliphatic carbocycles. The van der Waals surface area contributed by atoms with Crippen LogP contribution in [0.4, 0.5) is 23.0 Å². The molecule has 3 heterocycles. The molecule has 0 atom stereocenters. The smallest absolute Gasteiger partial charge is 0.277 e. The van der Waals surface area contributed by atoms with Crippen molar-refractivity contribution in [2.24, 2.45) is 0 Å². The maximum absolute atomic E-state index is 12.2. The third-order valence-electron chi connectivity index (χ3n) is 5.02. The van der Waals surface area contributed by atoms with Crippen molar-refractivity contribution in [1.29, 1.82) is 0 Å². The number of hydrogen-bond donors (Lipinski definition) is 3. The molecule has 30 heavy (non-hydrogen) atoms. The highest BCUT2D eigenvalue weighted by Gasteiger charge is 2.30. The molecule has 1 aromatic carbocycles.